The van der Waals surface area contributed by atoms with Crippen LogP contribution in [-0.4, -0.2) is 50.8 Å². The van der Waals surface area contributed by atoms with E-state index in [4.69, 9.17) is 4.74 Å². The number of ether oxygens (including phenoxy) is 1. The number of nitrogens with zero attached hydrogens (tertiary/aromatic N) is 1. The van der Waals surface area contributed by atoms with Gasteiger partial charge in [-0.3, -0.25) is 0 Å². The molecule has 0 bridgehead atoms. The van der Waals surface area contributed by atoms with Gasteiger partial charge in [0.05, 0.1) is 7.11 Å². The van der Waals surface area contributed by atoms with E-state index in [0.717, 1.165) is 17.7 Å². The Morgan fingerprint density at radius 2 is 1.90 bits per heavy atom. The van der Waals surface area contributed by atoms with Crippen molar-refractivity contribution in [3.8, 4) is 5.75 Å². The Morgan fingerprint density at radius 3 is 2.52 bits per heavy atom. The van der Waals surface area contributed by atoms with Crippen molar-refractivity contribution >= 4 is 6.03 Å². The molecule has 2 N–H and O–H groups in total. The number of para-hydroxylation sites is 1. The lowest BCUT2D eigenvalue weighted by atomic mass is 10.1. The van der Waals surface area contributed by atoms with Gasteiger partial charge in [0, 0.05) is 18.6 Å². The summed E-state index contributed by atoms with van der Waals surface area (Å²) in [4.78, 5) is 13.9. The molecule has 0 spiro atoms. The van der Waals surface area contributed by atoms with E-state index in [1.807, 2.05) is 38.4 Å². The maximum atomic E-state index is 11.8. The Balaban J connectivity index is 2.34. The normalized spacial score (nSPS) is 11.3. The van der Waals surface area contributed by atoms with Crippen molar-refractivity contribution in [2.24, 2.45) is 0 Å². The molecule has 21 heavy (non-hydrogen) atoms. The largest absolute Gasteiger partial charge is 0.496 e. The first-order chi connectivity index (χ1) is 9.86. The van der Waals surface area contributed by atoms with Crippen molar-refractivity contribution in [2.75, 3.05) is 34.3 Å². The first-order valence-corrected chi connectivity index (χ1v) is 7.18. The molecule has 0 saturated heterocycles. The molecule has 0 saturated carbocycles. The van der Waals surface area contributed by atoms with E-state index in [0.29, 0.717) is 13.1 Å². The van der Waals surface area contributed by atoms with Crippen LogP contribution in [0.2, 0.25) is 0 Å². The Kier molecular flexibility index (Phi) is 6.49. The maximum absolute atomic E-state index is 11.8. The van der Waals surface area contributed by atoms with Crippen molar-refractivity contribution in [3.05, 3.63) is 29.8 Å². The van der Waals surface area contributed by atoms with Gasteiger partial charge in [-0.2, -0.15) is 0 Å². The fourth-order valence-corrected chi connectivity index (χ4v) is 1.74. The Morgan fingerprint density at radius 1 is 1.24 bits per heavy atom. The number of nitrogens with one attached hydrogen (secondary N) is 2. The number of carbonyl (C=O) groups is 1. The molecule has 0 aliphatic carbocycles. The molecule has 0 radical (unpaired) electrons. The number of likely N-dealkylation sites (N-methyl/N-ethyl adjacent to an activating group) is 1. The zero-order valence-corrected chi connectivity index (χ0v) is 13.7. The number of rotatable bonds is 7. The second-order valence-corrected chi connectivity index (χ2v) is 5.88. The molecule has 1 aromatic carbocycles. The molecule has 0 fully saturated rings. The highest BCUT2D eigenvalue weighted by Gasteiger charge is 2.20. The SMILES string of the molecule is COc1ccccc1CCNC(=O)NCC(C)(C)N(C)C. The molecule has 0 atom stereocenters. The van der Waals surface area contributed by atoms with E-state index in [1.165, 1.54) is 0 Å². The summed E-state index contributed by atoms with van der Waals surface area (Å²) in [5.41, 5.74) is 1.02. The van der Waals surface area contributed by atoms with Crippen LogP contribution >= 0.6 is 0 Å². The number of benzene rings is 1. The van der Waals surface area contributed by atoms with Gasteiger partial charge in [-0.15, -0.1) is 0 Å². The highest BCUT2D eigenvalue weighted by atomic mass is 16.5. The van der Waals surface area contributed by atoms with Crippen LogP contribution in [0.15, 0.2) is 24.3 Å². The summed E-state index contributed by atoms with van der Waals surface area (Å²) in [5.74, 6) is 0.855. The average molecular weight is 293 g/mol. The Labute approximate surface area is 127 Å². The number of amides is 2. The number of carbonyl (C=O) groups excluding carboxylic acids is 1. The molecule has 2 amide bonds. The molecule has 5 heteroatoms. The summed E-state index contributed by atoms with van der Waals surface area (Å²) in [7, 11) is 5.66. The third-order valence-electron chi connectivity index (χ3n) is 3.76. The molecule has 5 nitrogen and oxygen atoms in total. The fourth-order valence-electron chi connectivity index (χ4n) is 1.74. The van der Waals surface area contributed by atoms with E-state index in [2.05, 4.69) is 29.4 Å². The molecule has 1 aromatic rings. The maximum Gasteiger partial charge on any atom is 0.314 e. The summed E-state index contributed by atoms with van der Waals surface area (Å²) >= 11 is 0. The van der Waals surface area contributed by atoms with E-state index in [9.17, 15) is 4.79 Å². The van der Waals surface area contributed by atoms with Gasteiger partial charge in [0.2, 0.25) is 0 Å². The van der Waals surface area contributed by atoms with Crippen LogP contribution in [0, 0.1) is 0 Å². The van der Waals surface area contributed by atoms with Gasteiger partial charge < -0.3 is 20.3 Å². The zero-order chi connectivity index (χ0) is 15.9. The van der Waals surface area contributed by atoms with E-state index < -0.39 is 0 Å². The third kappa shape index (κ3) is 5.63. The van der Waals surface area contributed by atoms with Crippen LogP contribution in [0.4, 0.5) is 4.79 Å². The van der Waals surface area contributed by atoms with Gasteiger partial charge in [-0.25, -0.2) is 4.79 Å². The molecule has 1 rings (SSSR count). The van der Waals surface area contributed by atoms with Crippen LogP contribution < -0.4 is 15.4 Å². The van der Waals surface area contributed by atoms with Gasteiger partial charge in [0.1, 0.15) is 5.75 Å². The number of hydrogen-bond acceptors (Lipinski definition) is 3. The topological polar surface area (TPSA) is 53.6 Å². The third-order valence-corrected chi connectivity index (χ3v) is 3.76. The standard InChI is InChI=1S/C16H27N3O2/c1-16(2,19(3)4)12-18-15(20)17-11-10-13-8-6-7-9-14(13)21-5/h6-9H,10-12H2,1-5H3,(H2,17,18,20). The van der Waals surface area contributed by atoms with Crippen LogP contribution in [0.1, 0.15) is 19.4 Å². The summed E-state index contributed by atoms with van der Waals surface area (Å²) in [6.45, 7) is 5.35. The van der Waals surface area contributed by atoms with E-state index in [-0.39, 0.29) is 11.6 Å². The van der Waals surface area contributed by atoms with Crippen molar-refractivity contribution < 1.29 is 9.53 Å². The van der Waals surface area contributed by atoms with Gasteiger partial charge in [-0.05, 0) is 46.0 Å². The minimum Gasteiger partial charge on any atom is -0.496 e. The van der Waals surface area contributed by atoms with Gasteiger partial charge in [0.15, 0.2) is 0 Å². The molecule has 0 heterocycles. The highest BCUT2D eigenvalue weighted by molar-refractivity contribution is 5.73. The minimum absolute atomic E-state index is 0.0695. The highest BCUT2D eigenvalue weighted by Crippen LogP contribution is 2.17. The van der Waals surface area contributed by atoms with Crippen LogP contribution in [0.5, 0.6) is 5.75 Å². The van der Waals surface area contributed by atoms with Crippen molar-refractivity contribution in [3.63, 3.8) is 0 Å². The number of hydrogen-bond donors (Lipinski definition) is 2. The van der Waals surface area contributed by atoms with Crippen LogP contribution in [0.25, 0.3) is 0 Å². The second kappa shape index (κ2) is 7.88. The molecule has 0 aliphatic rings. The van der Waals surface area contributed by atoms with Gasteiger partial charge in [-0.1, -0.05) is 18.2 Å². The van der Waals surface area contributed by atoms with E-state index in [1.54, 1.807) is 7.11 Å². The summed E-state index contributed by atoms with van der Waals surface area (Å²) < 4.78 is 5.29. The first kappa shape index (κ1) is 17.3. The molecular weight excluding hydrogens is 266 g/mol. The van der Waals surface area contributed by atoms with Crippen molar-refractivity contribution in [1.29, 1.82) is 0 Å². The molecule has 0 aromatic heterocycles. The van der Waals surface area contributed by atoms with Crippen LogP contribution in [0.3, 0.4) is 0 Å². The quantitative estimate of drug-likeness (QED) is 0.807. The summed E-state index contributed by atoms with van der Waals surface area (Å²) in [6.07, 6.45) is 0.745. The summed E-state index contributed by atoms with van der Waals surface area (Å²) in [6, 6.07) is 7.70. The Bertz CT molecular complexity index is 459. The lowest BCUT2D eigenvalue weighted by Crippen LogP contribution is -2.50. The first-order valence-electron chi connectivity index (χ1n) is 7.18. The van der Waals surface area contributed by atoms with Crippen LogP contribution in [-0.2, 0) is 6.42 Å². The van der Waals surface area contributed by atoms with Gasteiger partial charge >= 0.3 is 6.03 Å². The molecule has 0 unspecified atom stereocenters. The van der Waals surface area contributed by atoms with Crippen molar-refractivity contribution in [2.45, 2.75) is 25.8 Å². The Hall–Kier alpha value is -1.75. The lowest BCUT2D eigenvalue weighted by molar-refractivity contribution is 0.186. The second-order valence-electron chi connectivity index (χ2n) is 5.88. The average Bonchev–Trinajstić information content (AvgIpc) is 2.45. The monoisotopic (exact) mass is 293 g/mol. The lowest BCUT2D eigenvalue weighted by Gasteiger charge is -2.32. The number of urea groups is 1. The fraction of sp³-hybridized carbons (Fsp3) is 0.562. The van der Waals surface area contributed by atoms with E-state index >= 15 is 0 Å². The molecule has 118 valence electrons. The smallest absolute Gasteiger partial charge is 0.314 e. The summed E-state index contributed by atoms with van der Waals surface area (Å²) in [5, 5.41) is 5.77. The molecular formula is C16H27N3O2. The van der Waals surface area contributed by atoms with Crippen molar-refractivity contribution in [1.82, 2.24) is 15.5 Å². The zero-order valence-electron chi connectivity index (χ0n) is 13.7. The minimum atomic E-state index is -0.139. The predicted molar refractivity (Wildman–Crippen MR) is 85.9 cm³/mol. The molecule has 0 aliphatic heterocycles. The predicted octanol–water partition coefficient (Wildman–Crippen LogP) is 1.88. The van der Waals surface area contributed by atoms with Gasteiger partial charge in [0.25, 0.3) is 0 Å². The number of methoxy groups -OCH3 is 1.